The van der Waals surface area contributed by atoms with E-state index in [4.69, 9.17) is 74.2 Å². The van der Waals surface area contributed by atoms with Gasteiger partial charge in [-0.3, -0.25) is 28.3 Å². The van der Waals surface area contributed by atoms with E-state index in [0.717, 1.165) is 232 Å². The molecule has 20 rings (SSSR count). The molecular formula is C87H81Cl3N16O2. The number of ether oxygens (including phenoxy) is 2. The maximum Gasteiger partial charge on any atom is 0.155 e. The summed E-state index contributed by atoms with van der Waals surface area (Å²) in [5.74, 6) is 4.37. The summed E-state index contributed by atoms with van der Waals surface area (Å²) in [6.07, 6.45) is 17.8. The third-order valence-corrected chi connectivity index (χ3v) is 23.3. The van der Waals surface area contributed by atoms with E-state index in [2.05, 4.69) is 183 Å². The van der Waals surface area contributed by atoms with Crippen molar-refractivity contribution < 1.29 is 9.47 Å². The first-order valence-corrected chi connectivity index (χ1v) is 38.8. The molecule has 5 fully saturated rings. The van der Waals surface area contributed by atoms with Gasteiger partial charge in [0.25, 0.3) is 0 Å². The number of aromatic nitrogens is 12. The average Bonchev–Trinajstić information content (AvgIpc) is 1.60. The number of hydrogen-bond acceptors (Lipinski definition) is 15. The SMILES string of the molecule is CCOCNC1CC(c2nc(-c3ccc4ccc(-c5ccccc5)nc4c3)c3c(Cl)nccn23)C1.CN1CCN(C2CC(c3nc(-c4ccc5ccc(-c6ccccc6)nc5c4)c4c(Cl)nccn34)C2)CC1.Clc1nccn2c(C3CC(N4CCOCC4)C3)nc(-c3ccc4ccc(-c5ccccc5)nc4c3)c12. The van der Waals surface area contributed by atoms with Gasteiger partial charge in [-0.2, -0.15) is 0 Å². The molecule has 15 aromatic rings. The molecule has 108 heavy (non-hydrogen) atoms. The maximum absolute atomic E-state index is 6.68. The zero-order chi connectivity index (χ0) is 72.8. The van der Waals surface area contributed by atoms with Gasteiger partial charge >= 0.3 is 0 Å². The number of morpholine rings is 1. The lowest BCUT2D eigenvalue weighted by atomic mass is 9.78. The lowest BCUT2D eigenvalue weighted by molar-refractivity contribution is -0.00778. The number of hydrogen-bond donors (Lipinski definition) is 1. The first-order valence-electron chi connectivity index (χ1n) is 37.6. The maximum atomic E-state index is 6.68. The largest absolute Gasteiger partial charge is 0.379 e. The molecule has 2 saturated heterocycles. The summed E-state index contributed by atoms with van der Waals surface area (Å²) in [4.78, 5) is 51.1. The van der Waals surface area contributed by atoms with Crippen molar-refractivity contribution >= 4 is 84.1 Å². The quantitative estimate of drug-likeness (QED) is 0.0759. The first-order chi connectivity index (χ1) is 53.1. The van der Waals surface area contributed by atoms with E-state index >= 15 is 0 Å². The van der Waals surface area contributed by atoms with Crippen molar-refractivity contribution in [3.63, 3.8) is 0 Å². The minimum Gasteiger partial charge on any atom is -0.379 e. The third kappa shape index (κ3) is 14.0. The van der Waals surface area contributed by atoms with Crippen LogP contribution in [-0.2, 0) is 9.47 Å². The number of halogens is 3. The molecule has 3 aliphatic carbocycles. The zero-order valence-electron chi connectivity index (χ0n) is 60.2. The van der Waals surface area contributed by atoms with Gasteiger partial charge in [0.2, 0.25) is 0 Å². The smallest absolute Gasteiger partial charge is 0.155 e. The van der Waals surface area contributed by atoms with E-state index in [1.165, 1.54) is 0 Å². The second-order valence-electron chi connectivity index (χ2n) is 29.0. The monoisotopic (exact) mass is 1490 g/mol. The van der Waals surface area contributed by atoms with Gasteiger partial charge in [-0.15, -0.1) is 0 Å². The van der Waals surface area contributed by atoms with E-state index in [-0.39, 0.29) is 0 Å². The summed E-state index contributed by atoms with van der Waals surface area (Å²) in [6, 6.07) is 64.1. The van der Waals surface area contributed by atoms with Crippen molar-refractivity contribution in [1.82, 2.24) is 78.1 Å². The summed E-state index contributed by atoms with van der Waals surface area (Å²) < 4.78 is 17.4. The molecule has 0 bridgehead atoms. The summed E-state index contributed by atoms with van der Waals surface area (Å²) in [6.45, 7) is 11.7. The Kier molecular flexibility index (Phi) is 19.8. The van der Waals surface area contributed by atoms with Gasteiger partial charge in [0.15, 0.2) is 15.5 Å². The fraction of sp³-hybridized carbons (Fsp3) is 0.276. The molecular weight excluding hydrogens is 1410 g/mol. The van der Waals surface area contributed by atoms with Crippen molar-refractivity contribution in [3.05, 3.63) is 252 Å². The lowest BCUT2D eigenvalue weighted by Crippen LogP contribution is -2.52. The van der Waals surface area contributed by atoms with E-state index < -0.39 is 0 Å². The molecule has 0 amide bonds. The van der Waals surface area contributed by atoms with Crippen LogP contribution in [0.3, 0.4) is 0 Å². The van der Waals surface area contributed by atoms with E-state index in [0.29, 0.717) is 58.1 Å². The minimum absolute atomic E-state index is 0.358. The van der Waals surface area contributed by atoms with E-state index in [1.807, 2.05) is 80.1 Å². The minimum atomic E-state index is 0.358. The molecule has 0 unspecified atom stereocenters. The van der Waals surface area contributed by atoms with Gasteiger partial charge in [0.05, 0.1) is 70.7 Å². The first kappa shape index (κ1) is 69.8. The fourth-order valence-corrected chi connectivity index (χ4v) is 17.0. The molecule has 542 valence electrons. The van der Waals surface area contributed by atoms with Crippen LogP contribution >= 0.6 is 34.8 Å². The fourth-order valence-electron chi connectivity index (χ4n) is 16.2. The number of rotatable bonds is 15. The van der Waals surface area contributed by atoms with Gasteiger partial charge < -0.3 is 14.4 Å². The summed E-state index contributed by atoms with van der Waals surface area (Å²) in [5.41, 5.74) is 17.2. The highest BCUT2D eigenvalue weighted by atomic mass is 35.5. The predicted octanol–water partition coefficient (Wildman–Crippen LogP) is 17.7. The Morgan fingerprint density at radius 2 is 0.759 bits per heavy atom. The molecule has 21 heteroatoms. The van der Waals surface area contributed by atoms with Crippen LogP contribution in [0, 0.1) is 0 Å². The number of likely N-dealkylation sites (N-methyl/N-ethyl adjacent to an activating group) is 1. The highest BCUT2D eigenvalue weighted by Gasteiger charge is 2.40. The van der Waals surface area contributed by atoms with E-state index in [1.54, 1.807) is 18.6 Å². The highest BCUT2D eigenvalue weighted by molar-refractivity contribution is 6.34. The standard InChI is InChI=1S/C30H29ClN6.C29H26ClN5O.C28H26ClN5O/c1-35-13-15-36(16-14-35)24-17-23(18-24)30-34-27(28-29(31)32-11-12-37(28)30)22-8-7-21-9-10-25(33-26(21)19-22)20-5-3-2-4-6-20;30-28-27-26(21-7-6-20-8-9-24(32-25(20)18-21)19-4-2-1-3-5-19)33-29(35(27)11-10-31-28)22-16-23(17-22)34-12-14-36-15-13-34;1-2-35-17-31-22-14-21(15-22)28-33-25(26-27(29)30-12-13-34(26)28)20-9-8-19-10-11-23(32-24(19)16-20)18-6-4-3-5-7-18/h2-12,19,23-24H,13-18H2,1H3;1-11,18,22-23H,12-17H2;3-13,16,21-22,31H,2,14-15,17H2,1H3. The summed E-state index contributed by atoms with van der Waals surface area (Å²) in [7, 11) is 2.21. The van der Waals surface area contributed by atoms with Gasteiger partial charge in [-0.25, -0.2) is 44.9 Å². The molecule has 0 atom stereocenters. The number of imidazole rings is 3. The van der Waals surface area contributed by atoms with Crippen LogP contribution in [-0.4, -0.2) is 164 Å². The topological polar surface area (TPSA) is 169 Å². The van der Waals surface area contributed by atoms with Crippen molar-refractivity contribution in [2.75, 3.05) is 72.9 Å². The van der Waals surface area contributed by atoms with Crippen molar-refractivity contribution in [2.45, 2.75) is 81.3 Å². The highest BCUT2D eigenvalue weighted by Crippen LogP contribution is 2.46. The molecule has 18 nitrogen and oxygen atoms in total. The molecule has 2 aliphatic heterocycles. The zero-order valence-corrected chi connectivity index (χ0v) is 62.5. The second-order valence-corrected chi connectivity index (χ2v) is 30.1. The molecule has 0 spiro atoms. The Labute approximate surface area is 641 Å². The van der Waals surface area contributed by atoms with Gasteiger partial charge in [-0.05, 0) is 88.9 Å². The number of nitrogens with one attached hydrogen (secondary N) is 1. The molecule has 6 aromatic carbocycles. The van der Waals surface area contributed by atoms with Gasteiger partial charge in [0, 0.05) is 168 Å². The number of pyridine rings is 3. The molecule has 9 aromatic heterocycles. The van der Waals surface area contributed by atoms with Crippen LogP contribution in [0.1, 0.15) is 80.7 Å². The Morgan fingerprint density at radius 1 is 0.407 bits per heavy atom. The van der Waals surface area contributed by atoms with Crippen molar-refractivity contribution in [3.8, 4) is 67.5 Å². The van der Waals surface area contributed by atoms with Crippen LogP contribution in [0.25, 0.3) is 117 Å². The molecule has 5 aliphatic rings. The number of fused-ring (bicyclic) bond motifs is 6. The van der Waals surface area contributed by atoms with Crippen molar-refractivity contribution in [2.24, 2.45) is 0 Å². The third-order valence-electron chi connectivity index (χ3n) is 22.5. The van der Waals surface area contributed by atoms with Crippen molar-refractivity contribution in [1.29, 1.82) is 0 Å². The number of nitrogens with zero attached hydrogens (tertiary/aromatic N) is 15. The summed E-state index contributed by atoms with van der Waals surface area (Å²) in [5, 5.41) is 8.15. The molecule has 3 saturated carbocycles. The normalized spacial score (nSPS) is 19.8. The lowest BCUT2D eigenvalue weighted by Gasteiger charge is -2.45. The molecule has 11 heterocycles. The van der Waals surface area contributed by atoms with Crippen LogP contribution in [0.4, 0.5) is 0 Å². The molecule has 0 radical (unpaired) electrons. The Bertz CT molecular complexity index is 5750. The molecule has 1 N–H and O–H groups in total. The van der Waals surface area contributed by atoms with Gasteiger partial charge in [0.1, 0.15) is 34.0 Å². The average molecular weight is 1490 g/mol. The number of piperazine rings is 1. The second kappa shape index (κ2) is 30.6. The predicted molar refractivity (Wildman–Crippen MR) is 431 cm³/mol. The van der Waals surface area contributed by atoms with Crippen LogP contribution in [0.15, 0.2) is 219 Å². The van der Waals surface area contributed by atoms with Crippen LogP contribution < -0.4 is 5.32 Å². The Balaban J connectivity index is 0.000000114. The van der Waals surface area contributed by atoms with E-state index in [9.17, 15) is 0 Å². The van der Waals surface area contributed by atoms with Crippen LogP contribution in [0.2, 0.25) is 15.5 Å². The number of benzene rings is 6. The van der Waals surface area contributed by atoms with Crippen LogP contribution in [0.5, 0.6) is 0 Å². The Hall–Kier alpha value is -9.96. The Morgan fingerprint density at radius 3 is 1.13 bits per heavy atom. The summed E-state index contributed by atoms with van der Waals surface area (Å²) >= 11 is 19.9. The van der Waals surface area contributed by atoms with Gasteiger partial charge in [-0.1, -0.05) is 180 Å².